The topological polar surface area (TPSA) is 29.1 Å². The molecule has 1 rings (SSSR count). The monoisotopic (exact) mass is 217 g/mol. The minimum absolute atomic E-state index is 0.0432. The van der Waals surface area contributed by atoms with Crippen LogP contribution in [0.15, 0.2) is 42.5 Å². The van der Waals surface area contributed by atoms with Crippen molar-refractivity contribution in [1.82, 2.24) is 0 Å². The van der Waals surface area contributed by atoms with Crippen molar-refractivity contribution < 1.29 is 4.79 Å². The van der Waals surface area contributed by atoms with Gasteiger partial charge in [0.2, 0.25) is 5.91 Å². The molecule has 0 spiro atoms. The zero-order chi connectivity index (χ0) is 12.1. The summed E-state index contributed by atoms with van der Waals surface area (Å²) in [5, 5.41) is 2.90. The van der Waals surface area contributed by atoms with Gasteiger partial charge in [-0.15, -0.1) is 0 Å². The highest BCUT2D eigenvalue weighted by Crippen LogP contribution is 2.20. The number of carbonyl (C=O) groups is 1. The molecule has 0 unspecified atom stereocenters. The molecule has 1 amide bonds. The Hall–Kier alpha value is -1.57. The van der Waals surface area contributed by atoms with Crippen LogP contribution in [-0.4, -0.2) is 5.91 Å². The molecule has 0 aromatic heterocycles. The van der Waals surface area contributed by atoms with Gasteiger partial charge in [-0.2, -0.15) is 0 Å². The number of anilines is 1. The molecule has 0 heterocycles. The summed E-state index contributed by atoms with van der Waals surface area (Å²) in [6, 6.07) is 9.51. The lowest BCUT2D eigenvalue weighted by atomic mass is 9.89. The highest BCUT2D eigenvalue weighted by Gasteiger charge is 2.20. The molecule has 0 bridgehead atoms. The fourth-order valence-corrected chi connectivity index (χ4v) is 1.43. The number of para-hydroxylation sites is 1. The lowest BCUT2D eigenvalue weighted by Gasteiger charge is -2.19. The average Bonchev–Trinajstić information content (AvgIpc) is 2.28. The van der Waals surface area contributed by atoms with Crippen molar-refractivity contribution in [2.24, 2.45) is 11.8 Å². The Morgan fingerprint density at radius 3 is 2.25 bits per heavy atom. The highest BCUT2D eigenvalue weighted by molar-refractivity contribution is 5.92. The molecule has 0 radical (unpaired) electrons. The van der Waals surface area contributed by atoms with Gasteiger partial charge in [-0.05, 0) is 25.0 Å². The van der Waals surface area contributed by atoms with E-state index < -0.39 is 0 Å². The Labute approximate surface area is 97.4 Å². The number of carbonyl (C=O) groups excluding carboxylic acids is 1. The predicted octanol–water partition coefficient (Wildman–Crippen LogP) is 3.47. The van der Waals surface area contributed by atoms with Crippen molar-refractivity contribution in [1.29, 1.82) is 0 Å². The number of benzene rings is 1. The quantitative estimate of drug-likeness (QED) is 0.769. The van der Waals surface area contributed by atoms with Crippen LogP contribution in [-0.2, 0) is 4.79 Å². The summed E-state index contributed by atoms with van der Waals surface area (Å²) < 4.78 is 0. The van der Waals surface area contributed by atoms with Crippen molar-refractivity contribution >= 4 is 11.6 Å². The smallest absolute Gasteiger partial charge is 0.227 e. The third-order valence-electron chi connectivity index (χ3n) is 2.98. The van der Waals surface area contributed by atoms with Crippen molar-refractivity contribution in [2.75, 3.05) is 5.32 Å². The maximum Gasteiger partial charge on any atom is 0.227 e. The molecule has 2 atom stereocenters. The Balaban J connectivity index is 2.63. The Morgan fingerprint density at radius 1 is 1.19 bits per heavy atom. The van der Waals surface area contributed by atoms with Crippen LogP contribution >= 0.6 is 0 Å². The van der Waals surface area contributed by atoms with Gasteiger partial charge in [-0.1, -0.05) is 44.2 Å². The molecule has 0 saturated carbocycles. The van der Waals surface area contributed by atoms with Crippen molar-refractivity contribution in [3.05, 3.63) is 42.5 Å². The van der Waals surface area contributed by atoms with E-state index in [1.54, 1.807) is 0 Å². The van der Waals surface area contributed by atoms with Gasteiger partial charge in [0, 0.05) is 11.6 Å². The average molecular weight is 217 g/mol. The van der Waals surface area contributed by atoms with E-state index >= 15 is 0 Å². The molecule has 1 aromatic rings. The SMILES string of the molecule is C=C(C)[C@H](C)[C@@H](C)C(=O)Nc1ccccc1. The molecule has 1 N–H and O–H groups in total. The van der Waals surface area contributed by atoms with Crippen LogP contribution in [0.2, 0.25) is 0 Å². The zero-order valence-electron chi connectivity index (χ0n) is 10.2. The first-order chi connectivity index (χ1) is 7.52. The first kappa shape index (κ1) is 12.5. The largest absolute Gasteiger partial charge is 0.326 e. The van der Waals surface area contributed by atoms with Crippen LogP contribution < -0.4 is 5.32 Å². The van der Waals surface area contributed by atoms with Crippen LogP contribution in [0.1, 0.15) is 20.8 Å². The molecule has 0 saturated heterocycles. The first-order valence-corrected chi connectivity index (χ1v) is 5.53. The number of nitrogens with one attached hydrogen (secondary N) is 1. The zero-order valence-corrected chi connectivity index (χ0v) is 10.2. The number of hydrogen-bond acceptors (Lipinski definition) is 1. The van der Waals surface area contributed by atoms with Crippen LogP contribution in [0.25, 0.3) is 0 Å². The van der Waals surface area contributed by atoms with Gasteiger partial charge >= 0.3 is 0 Å². The molecule has 0 aliphatic rings. The van der Waals surface area contributed by atoms with Gasteiger partial charge in [0.1, 0.15) is 0 Å². The molecular weight excluding hydrogens is 198 g/mol. The summed E-state index contributed by atoms with van der Waals surface area (Å²) >= 11 is 0. The van der Waals surface area contributed by atoms with E-state index in [1.807, 2.05) is 51.1 Å². The Bertz CT molecular complexity index is 370. The molecule has 86 valence electrons. The second-order valence-electron chi connectivity index (χ2n) is 4.28. The van der Waals surface area contributed by atoms with Gasteiger partial charge in [0.15, 0.2) is 0 Å². The fraction of sp³-hybridized carbons (Fsp3) is 0.357. The van der Waals surface area contributed by atoms with Crippen molar-refractivity contribution in [3.63, 3.8) is 0 Å². The van der Waals surface area contributed by atoms with Gasteiger partial charge in [0.25, 0.3) is 0 Å². The van der Waals surface area contributed by atoms with E-state index in [0.29, 0.717) is 0 Å². The minimum atomic E-state index is -0.0577. The second-order valence-corrected chi connectivity index (χ2v) is 4.28. The Kier molecular flexibility index (Phi) is 4.29. The maximum atomic E-state index is 11.9. The van der Waals surface area contributed by atoms with Gasteiger partial charge in [0.05, 0.1) is 0 Å². The minimum Gasteiger partial charge on any atom is -0.326 e. The first-order valence-electron chi connectivity index (χ1n) is 5.53. The number of allylic oxidation sites excluding steroid dienone is 1. The predicted molar refractivity (Wildman–Crippen MR) is 68.2 cm³/mol. The van der Waals surface area contributed by atoms with E-state index in [2.05, 4.69) is 11.9 Å². The highest BCUT2D eigenvalue weighted by atomic mass is 16.1. The second kappa shape index (κ2) is 5.50. The number of rotatable bonds is 4. The van der Waals surface area contributed by atoms with E-state index in [-0.39, 0.29) is 17.7 Å². The van der Waals surface area contributed by atoms with Gasteiger partial charge < -0.3 is 5.32 Å². The lowest BCUT2D eigenvalue weighted by molar-refractivity contribution is -0.120. The Morgan fingerprint density at radius 2 is 1.75 bits per heavy atom. The van der Waals surface area contributed by atoms with Gasteiger partial charge in [-0.3, -0.25) is 4.79 Å². The van der Waals surface area contributed by atoms with E-state index in [9.17, 15) is 4.79 Å². The molecular formula is C14H19NO. The molecule has 2 heteroatoms. The maximum absolute atomic E-state index is 11.9. The van der Waals surface area contributed by atoms with E-state index in [1.165, 1.54) is 0 Å². The summed E-state index contributed by atoms with van der Waals surface area (Å²) in [6.45, 7) is 9.79. The fourth-order valence-electron chi connectivity index (χ4n) is 1.43. The summed E-state index contributed by atoms with van der Waals surface area (Å²) in [4.78, 5) is 11.9. The molecule has 1 aromatic carbocycles. The van der Waals surface area contributed by atoms with E-state index in [4.69, 9.17) is 0 Å². The standard InChI is InChI=1S/C14H19NO/c1-10(2)11(3)12(4)14(16)15-13-8-6-5-7-9-13/h5-9,11-12H,1H2,2-4H3,(H,15,16)/t11-,12+/m0/s1. The third kappa shape index (κ3) is 3.23. The van der Waals surface area contributed by atoms with E-state index in [0.717, 1.165) is 11.3 Å². The summed E-state index contributed by atoms with van der Waals surface area (Å²) in [5.41, 5.74) is 1.88. The summed E-state index contributed by atoms with van der Waals surface area (Å²) in [5.74, 6) is 0.183. The van der Waals surface area contributed by atoms with Gasteiger partial charge in [-0.25, -0.2) is 0 Å². The summed E-state index contributed by atoms with van der Waals surface area (Å²) in [6.07, 6.45) is 0. The molecule has 16 heavy (non-hydrogen) atoms. The number of amides is 1. The normalized spacial score (nSPS) is 13.9. The third-order valence-corrected chi connectivity index (χ3v) is 2.98. The number of hydrogen-bond donors (Lipinski definition) is 1. The van der Waals surface area contributed by atoms with Crippen LogP contribution in [0.4, 0.5) is 5.69 Å². The lowest BCUT2D eigenvalue weighted by Crippen LogP contribution is -2.26. The molecule has 0 aliphatic heterocycles. The van der Waals surface area contributed by atoms with Crippen LogP contribution in [0.3, 0.4) is 0 Å². The molecule has 0 fully saturated rings. The van der Waals surface area contributed by atoms with Crippen molar-refractivity contribution in [2.45, 2.75) is 20.8 Å². The van der Waals surface area contributed by atoms with Crippen molar-refractivity contribution in [3.8, 4) is 0 Å². The van der Waals surface area contributed by atoms with Crippen LogP contribution in [0, 0.1) is 11.8 Å². The summed E-state index contributed by atoms with van der Waals surface area (Å²) in [7, 11) is 0. The molecule has 0 aliphatic carbocycles. The molecule has 2 nitrogen and oxygen atoms in total. The van der Waals surface area contributed by atoms with Crippen LogP contribution in [0.5, 0.6) is 0 Å².